The van der Waals surface area contributed by atoms with E-state index < -0.39 is 58.3 Å². The zero-order chi connectivity index (χ0) is 29.6. The van der Waals surface area contributed by atoms with Gasteiger partial charge in [-0.1, -0.05) is 19.1 Å². The number of ether oxygens (including phenoxy) is 4. The molecule has 0 aromatic heterocycles. The highest BCUT2D eigenvalue weighted by molar-refractivity contribution is 5.75. The Balaban J connectivity index is 1.28. The number of alkyl halides is 2. The Morgan fingerprint density at radius 3 is 2.15 bits per heavy atom. The summed E-state index contributed by atoms with van der Waals surface area (Å²) in [5.41, 5.74) is -1.77. The zero-order valence-electron chi connectivity index (χ0n) is 22.5. The van der Waals surface area contributed by atoms with E-state index in [1.807, 2.05) is 0 Å². The average molecular weight is 587 g/mol. The first-order chi connectivity index (χ1) is 19.6. The fourth-order valence-electron chi connectivity index (χ4n) is 5.07. The number of halogens is 6. The number of carbonyl (C=O) groups is 1. The summed E-state index contributed by atoms with van der Waals surface area (Å²) >= 11 is 0. The van der Waals surface area contributed by atoms with E-state index in [0.717, 1.165) is 19.3 Å². The van der Waals surface area contributed by atoms with Gasteiger partial charge in [-0.05, 0) is 57.1 Å². The standard InChI is InChI=1S/C30H32F6O5/c1-2-3-4-5-6-18-16-38-29(39-17-18)20-9-7-19(8-10-20)28(37)40-22-14-25(33)27(26(34)15-22)30(35,36)41-21-11-12-23(31)24(32)13-21/h3-4,11-15,18-20,29H,2,5-10,16-17H2,1H3/b4-3+. The van der Waals surface area contributed by atoms with Gasteiger partial charge < -0.3 is 18.9 Å². The second-order valence-electron chi connectivity index (χ2n) is 10.3. The first-order valence-corrected chi connectivity index (χ1v) is 13.7. The maximum absolute atomic E-state index is 14.6. The highest BCUT2D eigenvalue weighted by Crippen LogP contribution is 2.38. The third kappa shape index (κ3) is 8.03. The Labute approximate surface area is 234 Å². The van der Waals surface area contributed by atoms with Crippen LogP contribution in [0.1, 0.15) is 57.4 Å². The normalized spacial score (nSPS) is 23.5. The van der Waals surface area contributed by atoms with Crippen LogP contribution in [0.5, 0.6) is 11.5 Å². The summed E-state index contributed by atoms with van der Waals surface area (Å²) in [4.78, 5) is 12.7. The van der Waals surface area contributed by atoms with Crippen LogP contribution in [0.2, 0.25) is 0 Å². The molecule has 0 spiro atoms. The van der Waals surface area contributed by atoms with Gasteiger partial charge in [0.05, 0.1) is 19.1 Å². The quantitative estimate of drug-likeness (QED) is 0.123. The van der Waals surface area contributed by atoms with Crippen molar-refractivity contribution in [3.8, 4) is 11.5 Å². The summed E-state index contributed by atoms with van der Waals surface area (Å²) in [7, 11) is 0. The predicted molar refractivity (Wildman–Crippen MR) is 136 cm³/mol. The van der Waals surface area contributed by atoms with E-state index in [0.29, 0.717) is 75.1 Å². The molecule has 1 saturated carbocycles. The lowest BCUT2D eigenvalue weighted by Crippen LogP contribution is -2.39. The minimum Gasteiger partial charge on any atom is -0.429 e. The summed E-state index contributed by atoms with van der Waals surface area (Å²) in [6.45, 7) is 3.32. The topological polar surface area (TPSA) is 54.0 Å². The minimum absolute atomic E-state index is 0.103. The smallest absolute Gasteiger partial charge is 0.429 e. The van der Waals surface area contributed by atoms with Gasteiger partial charge >= 0.3 is 12.1 Å². The molecule has 2 aromatic rings. The number of benzene rings is 2. The molecule has 11 heteroatoms. The second-order valence-corrected chi connectivity index (χ2v) is 10.3. The monoisotopic (exact) mass is 586 g/mol. The lowest BCUT2D eigenvalue weighted by atomic mass is 9.81. The molecule has 2 fully saturated rings. The van der Waals surface area contributed by atoms with Crippen molar-refractivity contribution < 1.29 is 50.1 Å². The Morgan fingerprint density at radius 1 is 0.902 bits per heavy atom. The van der Waals surface area contributed by atoms with Crippen LogP contribution in [-0.4, -0.2) is 25.5 Å². The van der Waals surface area contributed by atoms with Crippen LogP contribution in [0.15, 0.2) is 42.5 Å². The van der Waals surface area contributed by atoms with Gasteiger partial charge in [0, 0.05) is 30.0 Å². The Hall–Kier alpha value is -3.05. The fourth-order valence-corrected chi connectivity index (χ4v) is 5.07. The van der Waals surface area contributed by atoms with Crippen molar-refractivity contribution in [2.45, 2.75) is 64.3 Å². The van der Waals surface area contributed by atoms with Crippen LogP contribution in [0.25, 0.3) is 0 Å². The largest absolute Gasteiger partial charge is 0.432 e. The molecule has 0 bridgehead atoms. The van der Waals surface area contributed by atoms with E-state index in [1.54, 1.807) is 0 Å². The van der Waals surface area contributed by atoms with Gasteiger partial charge in [-0.2, -0.15) is 8.78 Å². The van der Waals surface area contributed by atoms with Crippen LogP contribution >= 0.6 is 0 Å². The molecular formula is C30H32F6O5. The molecule has 0 atom stereocenters. The molecule has 0 radical (unpaired) electrons. The van der Waals surface area contributed by atoms with Crippen molar-refractivity contribution in [1.82, 2.24) is 0 Å². The van der Waals surface area contributed by atoms with Gasteiger partial charge in [0.25, 0.3) is 0 Å². The summed E-state index contributed by atoms with van der Waals surface area (Å²) in [5.74, 6) is -8.54. The predicted octanol–water partition coefficient (Wildman–Crippen LogP) is 7.82. The number of rotatable bonds is 10. The molecule has 224 valence electrons. The van der Waals surface area contributed by atoms with E-state index in [4.69, 9.17) is 14.2 Å². The third-order valence-electron chi connectivity index (χ3n) is 7.29. The van der Waals surface area contributed by atoms with E-state index in [-0.39, 0.29) is 12.2 Å². The molecule has 0 amide bonds. The lowest BCUT2D eigenvalue weighted by Gasteiger charge is -2.37. The third-order valence-corrected chi connectivity index (χ3v) is 7.29. The van der Waals surface area contributed by atoms with Crippen molar-refractivity contribution in [3.05, 3.63) is 71.3 Å². The van der Waals surface area contributed by atoms with Gasteiger partial charge in [-0.25, -0.2) is 17.6 Å². The maximum atomic E-state index is 14.6. The number of hydrogen-bond acceptors (Lipinski definition) is 5. The van der Waals surface area contributed by atoms with Gasteiger partial charge in [-0.3, -0.25) is 4.79 Å². The number of esters is 1. The van der Waals surface area contributed by atoms with Gasteiger partial charge in [-0.15, -0.1) is 0 Å². The Bertz CT molecular complexity index is 1200. The average Bonchev–Trinajstić information content (AvgIpc) is 2.93. The molecule has 2 aliphatic rings. The molecule has 1 heterocycles. The van der Waals surface area contributed by atoms with E-state index in [9.17, 15) is 31.1 Å². The molecule has 1 aliphatic heterocycles. The van der Waals surface area contributed by atoms with E-state index in [1.165, 1.54) is 0 Å². The van der Waals surface area contributed by atoms with Crippen LogP contribution in [0.4, 0.5) is 26.3 Å². The van der Waals surface area contributed by atoms with Crippen LogP contribution in [0, 0.1) is 41.0 Å². The molecular weight excluding hydrogens is 554 g/mol. The first-order valence-electron chi connectivity index (χ1n) is 13.7. The zero-order valence-corrected chi connectivity index (χ0v) is 22.5. The minimum atomic E-state index is -4.57. The molecule has 0 N–H and O–H groups in total. The van der Waals surface area contributed by atoms with Crippen LogP contribution in [0.3, 0.4) is 0 Å². The molecule has 4 rings (SSSR count). The summed E-state index contributed by atoms with van der Waals surface area (Å²) in [6.07, 6.45) is 4.50. The van der Waals surface area contributed by atoms with Crippen molar-refractivity contribution in [1.29, 1.82) is 0 Å². The Kier molecular flexibility index (Phi) is 10.4. The fraction of sp³-hybridized carbons (Fsp3) is 0.500. The van der Waals surface area contributed by atoms with Crippen molar-refractivity contribution >= 4 is 5.97 Å². The van der Waals surface area contributed by atoms with E-state index in [2.05, 4.69) is 23.8 Å². The molecule has 2 aromatic carbocycles. The van der Waals surface area contributed by atoms with Gasteiger partial charge in [0.2, 0.25) is 0 Å². The van der Waals surface area contributed by atoms with Crippen molar-refractivity contribution in [3.63, 3.8) is 0 Å². The van der Waals surface area contributed by atoms with Gasteiger partial charge in [0.1, 0.15) is 28.7 Å². The van der Waals surface area contributed by atoms with E-state index >= 15 is 0 Å². The summed E-state index contributed by atoms with van der Waals surface area (Å²) in [5, 5.41) is 0. The maximum Gasteiger partial charge on any atom is 0.432 e. The molecule has 1 saturated heterocycles. The molecule has 0 unspecified atom stereocenters. The SMILES string of the molecule is CC/C=C/CCC1COC(C2CCC(C(=O)Oc3cc(F)c(C(F)(F)Oc4ccc(F)c(F)c4)c(F)c3)CC2)OC1. The lowest BCUT2D eigenvalue weighted by molar-refractivity contribution is -0.230. The molecule has 5 nitrogen and oxygen atoms in total. The molecule has 1 aliphatic carbocycles. The highest BCUT2D eigenvalue weighted by Gasteiger charge is 2.42. The highest BCUT2D eigenvalue weighted by atomic mass is 19.3. The number of allylic oxidation sites excluding steroid dienone is 2. The van der Waals surface area contributed by atoms with Crippen LogP contribution in [-0.2, 0) is 20.4 Å². The second kappa shape index (κ2) is 13.7. The summed E-state index contributed by atoms with van der Waals surface area (Å²) < 4.78 is 106. The number of carbonyl (C=O) groups excluding carboxylic acids is 1. The van der Waals surface area contributed by atoms with Crippen molar-refractivity contribution in [2.24, 2.45) is 17.8 Å². The molecule has 41 heavy (non-hydrogen) atoms. The number of hydrogen-bond donors (Lipinski definition) is 0. The van der Waals surface area contributed by atoms with Crippen molar-refractivity contribution in [2.75, 3.05) is 13.2 Å². The van der Waals surface area contributed by atoms with Gasteiger partial charge in [0.15, 0.2) is 17.9 Å². The first kappa shape index (κ1) is 30.9. The Morgan fingerprint density at radius 2 is 1.54 bits per heavy atom. The summed E-state index contributed by atoms with van der Waals surface area (Å²) in [6, 6.07) is 2.43. The van der Waals surface area contributed by atoms with Crippen LogP contribution < -0.4 is 9.47 Å².